The summed E-state index contributed by atoms with van der Waals surface area (Å²) in [4.78, 5) is 11.4. The van der Waals surface area contributed by atoms with Crippen LogP contribution in [0.2, 0.25) is 0 Å². The van der Waals surface area contributed by atoms with Crippen LogP contribution in [0, 0.1) is 11.8 Å². The Kier molecular flexibility index (Phi) is 4.66. The lowest BCUT2D eigenvalue weighted by Crippen LogP contribution is -2.30. The van der Waals surface area contributed by atoms with E-state index in [-0.39, 0.29) is 18.3 Å². The molecular formula is C15H20O4. The molecule has 1 fully saturated rings. The molecule has 1 aromatic carbocycles. The van der Waals surface area contributed by atoms with Gasteiger partial charge in [0.05, 0.1) is 5.92 Å². The molecule has 0 bridgehead atoms. The maximum Gasteiger partial charge on any atom is 0.310 e. The van der Waals surface area contributed by atoms with Crippen LogP contribution in [0.5, 0.6) is 11.5 Å². The van der Waals surface area contributed by atoms with E-state index in [9.17, 15) is 15.0 Å². The number of carbonyl (C=O) groups is 1. The number of hydrogen-bond donors (Lipinski definition) is 2. The van der Waals surface area contributed by atoms with E-state index in [0.717, 1.165) is 25.7 Å². The third kappa shape index (κ3) is 3.88. The van der Waals surface area contributed by atoms with Gasteiger partial charge in [-0.05, 0) is 43.0 Å². The minimum Gasteiger partial charge on any atom is -0.508 e. The number of hydrogen-bond acceptors (Lipinski definition) is 3. The zero-order chi connectivity index (χ0) is 13.7. The fourth-order valence-corrected chi connectivity index (χ4v) is 2.67. The van der Waals surface area contributed by atoms with Crippen LogP contribution in [-0.2, 0) is 4.79 Å². The van der Waals surface area contributed by atoms with Gasteiger partial charge in [0.25, 0.3) is 0 Å². The van der Waals surface area contributed by atoms with Crippen molar-refractivity contribution in [3.05, 3.63) is 24.3 Å². The van der Waals surface area contributed by atoms with Gasteiger partial charge in [-0.25, -0.2) is 0 Å². The van der Waals surface area contributed by atoms with Crippen molar-refractivity contribution < 1.29 is 19.7 Å². The van der Waals surface area contributed by atoms with E-state index in [2.05, 4.69) is 0 Å². The van der Waals surface area contributed by atoms with Crippen LogP contribution in [0.3, 0.4) is 0 Å². The Morgan fingerprint density at radius 2 is 1.84 bits per heavy atom. The molecule has 2 N–H and O–H groups in total. The van der Waals surface area contributed by atoms with E-state index in [1.807, 2.05) is 0 Å². The maximum atomic E-state index is 11.4. The molecule has 0 amide bonds. The van der Waals surface area contributed by atoms with Gasteiger partial charge in [-0.3, -0.25) is 4.79 Å². The van der Waals surface area contributed by atoms with Gasteiger partial charge in [-0.1, -0.05) is 19.3 Å². The zero-order valence-electron chi connectivity index (χ0n) is 10.9. The number of aromatic hydroxyl groups is 1. The molecule has 104 valence electrons. The summed E-state index contributed by atoms with van der Waals surface area (Å²) < 4.78 is 5.55. The van der Waals surface area contributed by atoms with Crippen molar-refractivity contribution in [3.8, 4) is 11.5 Å². The molecule has 2 rings (SSSR count). The molecule has 1 saturated carbocycles. The predicted molar refractivity (Wildman–Crippen MR) is 71.3 cm³/mol. The second-order valence-electron chi connectivity index (χ2n) is 5.15. The van der Waals surface area contributed by atoms with Crippen molar-refractivity contribution in [1.82, 2.24) is 0 Å². The molecule has 0 saturated heterocycles. The van der Waals surface area contributed by atoms with Gasteiger partial charge in [-0.2, -0.15) is 0 Å². The molecule has 0 aliphatic heterocycles. The highest BCUT2D eigenvalue weighted by molar-refractivity contribution is 5.70. The van der Waals surface area contributed by atoms with E-state index in [1.165, 1.54) is 18.6 Å². The minimum atomic E-state index is -0.773. The summed E-state index contributed by atoms with van der Waals surface area (Å²) in [6, 6.07) is 6.36. The normalized spacial score (nSPS) is 17.9. The van der Waals surface area contributed by atoms with Gasteiger partial charge in [0.15, 0.2) is 0 Å². The van der Waals surface area contributed by atoms with Crippen molar-refractivity contribution in [2.75, 3.05) is 6.61 Å². The van der Waals surface area contributed by atoms with Crippen molar-refractivity contribution in [1.29, 1.82) is 0 Å². The molecule has 0 radical (unpaired) electrons. The number of phenols is 1. The molecule has 4 nitrogen and oxygen atoms in total. The molecule has 1 atom stereocenters. The predicted octanol–water partition coefficient (Wildman–Crippen LogP) is 3.05. The Morgan fingerprint density at radius 3 is 2.42 bits per heavy atom. The molecule has 4 heteroatoms. The maximum absolute atomic E-state index is 11.4. The van der Waals surface area contributed by atoms with Crippen molar-refractivity contribution in [2.45, 2.75) is 32.1 Å². The molecule has 0 heterocycles. The topological polar surface area (TPSA) is 66.8 Å². The average molecular weight is 264 g/mol. The highest BCUT2D eigenvalue weighted by Gasteiger charge is 2.29. The largest absolute Gasteiger partial charge is 0.508 e. The molecule has 1 aliphatic carbocycles. The number of carboxylic acids is 1. The van der Waals surface area contributed by atoms with E-state index >= 15 is 0 Å². The minimum absolute atomic E-state index is 0.175. The summed E-state index contributed by atoms with van der Waals surface area (Å²) in [5, 5.41) is 18.5. The lowest BCUT2D eigenvalue weighted by Gasteiger charge is -2.27. The fourth-order valence-electron chi connectivity index (χ4n) is 2.67. The summed E-state index contributed by atoms with van der Waals surface area (Å²) in [5.74, 6) is -0.211. The Hall–Kier alpha value is -1.71. The van der Waals surface area contributed by atoms with Gasteiger partial charge in [0.1, 0.15) is 18.1 Å². The van der Waals surface area contributed by atoms with Gasteiger partial charge in [0.2, 0.25) is 0 Å². The van der Waals surface area contributed by atoms with Crippen molar-refractivity contribution >= 4 is 5.97 Å². The van der Waals surface area contributed by atoms with E-state index in [1.54, 1.807) is 12.1 Å². The number of benzene rings is 1. The zero-order valence-corrected chi connectivity index (χ0v) is 10.9. The summed E-state index contributed by atoms with van der Waals surface area (Å²) >= 11 is 0. The van der Waals surface area contributed by atoms with E-state index in [0.29, 0.717) is 5.75 Å². The molecular weight excluding hydrogens is 244 g/mol. The summed E-state index contributed by atoms with van der Waals surface area (Å²) in [6.45, 7) is 0.199. The Bertz CT molecular complexity index is 407. The SMILES string of the molecule is O=C(O)C(COc1ccc(O)cc1)C1CCCCC1. The first-order valence-electron chi connectivity index (χ1n) is 6.81. The lowest BCUT2D eigenvalue weighted by atomic mass is 9.80. The highest BCUT2D eigenvalue weighted by Crippen LogP contribution is 2.31. The second kappa shape index (κ2) is 6.45. The number of carboxylic acid groups (broad SMARTS) is 1. The number of aliphatic carboxylic acids is 1. The van der Waals surface area contributed by atoms with Crippen molar-refractivity contribution in [2.24, 2.45) is 11.8 Å². The van der Waals surface area contributed by atoms with Crippen LogP contribution >= 0.6 is 0 Å². The third-order valence-electron chi connectivity index (χ3n) is 3.80. The Labute approximate surface area is 113 Å². The smallest absolute Gasteiger partial charge is 0.310 e. The van der Waals surface area contributed by atoms with E-state index in [4.69, 9.17) is 4.74 Å². The molecule has 1 unspecified atom stereocenters. The van der Waals surface area contributed by atoms with Crippen LogP contribution < -0.4 is 4.74 Å². The molecule has 0 aromatic heterocycles. The first-order valence-corrected chi connectivity index (χ1v) is 6.81. The van der Waals surface area contributed by atoms with Crippen LogP contribution in [0.25, 0.3) is 0 Å². The third-order valence-corrected chi connectivity index (χ3v) is 3.80. The van der Waals surface area contributed by atoms with Gasteiger partial charge < -0.3 is 14.9 Å². The second-order valence-corrected chi connectivity index (χ2v) is 5.15. The van der Waals surface area contributed by atoms with Crippen LogP contribution in [-0.4, -0.2) is 22.8 Å². The van der Waals surface area contributed by atoms with Crippen LogP contribution in [0.1, 0.15) is 32.1 Å². The van der Waals surface area contributed by atoms with Crippen LogP contribution in [0.4, 0.5) is 0 Å². The molecule has 0 spiro atoms. The summed E-state index contributed by atoms with van der Waals surface area (Å²) in [6.07, 6.45) is 5.41. The molecule has 1 aliphatic rings. The Balaban J connectivity index is 1.93. The fraction of sp³-hybridized carbons (Fsp3) is 0.533. The molecule has 1 aromatic rings. The van der Waals surface area contributed by atoms with Gasteiger partial charge >= 0.3 is 5.97 Å². The lowest BCUT2D eigenvalue weighted by molar-refractivity contribution is -0.145. The summed E-state index contributed by atoms with van der Waals surface area (Å²) in [5.41, 5.74) is 0. The quantitative estimate of drug-likeness (QED) is 0.857. The first kappa shape index (κ1) is 13.7. The van der Waals surface area contributed by atoms with Crippen LogP contribution in [0.15, 0.2) is 24.3 Å². The number of phenolic OH excluding ortho intramolecular Hbond substituents is 1. The standard InChI is InChI=1S/C15H20O4/c16-12-6-8-13(9-7-12)19-10-14(15(17)18)11-4-2-1-3-5-11/h6-9,11,14,16H,1-5,10H2,(H,17,18). The Morgan fingerprint density at radius 1 is 1.21 bits per heavy atom. The number of rotatable bonds is 5. The molecule has 19 heavy (non-hydrogen) atoms. The number of ether oxygens (including phenoxy) is 1. The average Bonchev–Trinajstić information content (AvgIpc) is 2.42. The van der Waals surface area contributed by atoms with Gasteiger partial charge in [0, 0.05) is 0 Å². The first-order chi connectivity index (χ1) is 9.16. The van der Waals surface area contributed by atoms with Gasteiger partial charge in [-0.15, -0.1) is 0 Å². The highest BCUT2D eigenvalue weighted by atomic mass is 16.5. The monoisotopic (exact) mass is 264 g/mol. The van der Waals surface area contributed by atoms with Crippen molar-refractivity contribution in [3.63, 3.8) is 0 Å². The summed E-state index contributed by atoms with van der Waals surface area (Å²) in [7, 11) is 0. The van der Waals surface area contributed by atoms with E-state index < -0.39 is 11.9 Å².